The molecule has 0 spiro atoms. The van der Waals surface area contributed by atoms with Crippen LogP contribution in [0, 0.1) is 3.70 Å². The summed E-state index contributed by atoms with van der Waals surface area (Å²) in [5.41, 5.74) is 0.880. The number of rotatable bonds is 2. The Bertz CT molecular complexity index is 889. The highest BCUT2D eigenvalue weighted by molar-refractivity contribution is 14.1. The summed E-state index contributed by atoms with van der Waals surface area (Å²) in [6, 6.07) is 11.2. The van der Waals surface area contributed by atoms with Gasteiger partial charge < -0.3 is 5.11 Å². The molecular formula is C13H9IN2O3S. The molecule has 0 atom stereocenters. The van der Waals surface area contributed by atoms with E-state index < -0.39 is 10.0 Å². The van der Waals surface area contributed by atoms with Gasteiger partial charge in [-0.2, -0.15) is 0 Å². The van der Waals surface area contributed by atoms with Crippen LogP contribution in [0.1, 0.15) is 0 Å². The highest BCUT2D eigenvalue weighted by atomic mass is 127. The maximum Gasteiger partial charge on any atom is 0.269 e. The number of aromatic hydroxyl groups is 1. The molecule has 0 fully saturated rings. The molecule has 0 unspecified atom stereocenters. The summed E-state index contributed by atoms with van der Waals surface area (Å²) in [4.78, 5) is 4.22. The molecule has 20 heavy (non-hydrogen) atoms. The van der Waals surface area contributed by atoms with Crippen LogP contribution in [0.5, 0.6) is 5.75 Å². The first-order valence-electron chi connectivity index (χ1n) is 5.67. The standard InChI is InChI=1S/C13H9IN2O3S/c14-13-7-11-12(6-9(17)8-15-11)16(13)20(18,19)10-4-2-1-3-5-10/h1-8,17H. The molecule has 2 aromatic heterocycles. The predicted octanol–water partition coefficient (Wildman–Crippen LogP) is 2.58. The van der Waals surface area contributed by atoms with E-state index in [4.69, 9.17) is 0 Å². The summed E-state index contributed by atoms with van der Waals surface area (Å²) in [7, 11) is -3.71. The lowest BCUT2D eigenvalue weighted by Crippen LogP contribution is -2.14. The van der Waals surface area contributed by atoms with Crippen molar-refractivity contribution in [3.8, 4) is 5.75 Å². The van der Waals surface area contributed by atoms with E-state index in [1.807, 2.05) is 22.6 Å². The number of hydrogen-bond donors (Lipinski definition) is 1. The largest absolute Gasteiger partial charge is 0.506 e. The molecule has 0 bridgehead atoms. The molecule has 3 aromatic rings. The Morgan fingerprint density at radius 3 is 2.55 bits per heavy atom. The Morgan fingerprint density at radius 2 is 1.85 bits per heavy atom. The van der Waals surface area contributed by atoms with Crippen LogP contribution in [-0.4, -0.2) is 22.5 Å². The second kappa shape index (κ2) is 4.74. The summed E-state index contributed by atoms with van der Waals surface area (Å²) in [5, 5.41) is 9.53. The van der Waals surface area contributed by atoms with Gasteiger partial charge in [0.05, 0.1) is 25.8 Å². The first-order valence-corrected chi connectivity index (χ1v) is 8.18. The van der Waals surface area contributed by atoms with Crippen LogP contribution >= 0.6 is 22.6 Å². The maximum absolute atomic E-state index is 12.7. The van der Waals surface area contributed by atoms with E-state index in [2.05, 4.69) is 4.98 Å². The maximum atomic E-state index is 12.7. The average Bonchev–Trinajstić information content (AvgIpc) is 2.75. The highest BCUT2D eigenvalue weighted by Gasteiger charge is 2.22. The van der Waals surface area contributed by atoms with Crippen LogP contribution in [0.15, 0.2) is 53.6 Å². The smallest absolute Gasteiger partial charge is 0.269 e. The molecule has 0 amide bonds. The van der Waals surface area contributed by atoms with E-state index in [9.17, 15) is 13.5 Å². The summed E-state index contributed by atoms with van der Waals surface area (Å²) in [6.07, 6.45) is 1.29. The third kappa shape index (κ3) is 2.06. The Hall–Kier alpha value is -1.61. The van der Waals surface area contributed by atoms with Crippen LogP contribution < -0.4 is 0 Å². The van der Waals surface area contributed by atoms with E-state index in [0.29, 0.717) is 14.7 Å². The van der Waals surface area contributed by atoms with Crippen molar-refractivity contribution in [2.45, 2.75) is 4.90 Å². The number of benzene rings is 1. The number of halogens is 1. The van der Waals surface area contributed by atoms with Gasteiger partial charge in [-0.15, -0.1) is 0 Å². The normalized spacial score (nSPS) is 11.8. The molecule has 0 saturated carbocycles. The number of aromatic nitrogens is 2. The molecule has 3 rings (SSSR count). The van der Waals surface area contributed by atoms with Gasteiger partial charge in [-0.3, -0.25) is 4.98 Å². The molecule has 0 radical (unpaired) electrons. The molecule has 102 valence electrons. The second-order valence-electron chi connectivity index (χ2n) is 4.15. The number of pyridine rings is 1. The van der Waals surface area contributed by atoms with E-state index >= 15 is 0 Å². The average molecular weight is 400 g/mol. The number of hydrogen-bond acceptors (Lipinski definition) is 4. The molecule has 0 aliphatic heterocycles. The van der Waals surface area contributed by atoms with Crippen molar-refractivity contribution < 1.29 is 13.5 Å². The van der Waals surface area contributed by atoms with Crippen molar-refractivity contribution in [1.82, 2.24) is 8.96 Å². The third-order valence-electron chi connectivity index (χ3n) is 2.83. The zero-order chi connectivity index (χ0) is 14.3. The molecule has 2 heterocycles. The Kier molecular flexibility index (Phi) is 3.17. The minimum Gasteiger partial charge on any atom is -0.506 e. The van der Waals surface area contributed by atoms with Gasteiger partial charge in [0, 0.05) is 6.07 Å². The van der Waals surface area contributed by atoms with Crippen molar-refractivity contribution in [1.29, 1.82) is 0 Å². The van der Waals surface area contributed by atoms with Gasteiger partial charge in [0.2, 0.25) is 0 Å². The molecule has 5 nitrogen and oxygen atoms in total. The van der Waals surface area contributed by atoms with E-state index in [-0.39, 0.29) is 10.6 Å². The van der Waals surface area contributed by atoms with Gasteiger partial charge in [0.15, 0.2) is 0 Å². The summed E-state index contributed by atoms with van der Waals surface area (Å²) < 4.78 is 27.1. The van der Waals surface area contributed by atoms with Crippen molar-refractivity contribution in [2.75, 3.05) is 0 Å². The minimum atomic E-state index is -3.71. The van der Waals surface area contributed by atoms with Crippen LogP contribution in [0.3, 0.4) is 0 Å². The SMILES string of the molecule is O=S(=O)(c1ccccc1)n1c(I)cc2ncc(O)cc21. The van der Waals surface area contributed by atoms with Crippen molar-refractivity contribution in [2.24, 2.45) is 0 Å². The predicted molar refractivity (Wildman–Crippen MR) is 83.1 cm³/mol. The molecular weight excluding hydrogens is 391 g/mol. The highest BCUT2D eigenvalue weighted by Crippen LogP contribution is 2.27. The van der Waals surface area contributed by atoms with Crippen LogP contribution in [0.2, 0.25) is 0 Å². The number of nitrogens with zero attached hydrogens (tertiary/aromatic N) is 2. The summed E-state index contributed by atoms with van der Waals surface area (Å²) in [5.74, 6) is -0.0727. The molecule has 1 aromatic carbocycles. The fourth-order valence-electron chi connectivity index (χ4n) is 1.96. The lowest BCUT2D eigenvalue weighted by molar-refractivity contribution is 0.473. The molecule has 0 aliphatic carbocycles. The lowest BCUT2D eigenvalue weighted by Gasteiger charge is -2.08. The van der Waals surface area contributed by atoms with E-state index in [1.54, 1.807) is 24.3 Å². The minimum absolute atomic E-state index is 0.0727. The molecule has 0 saturated heterocycles. The zero-order valence-corrected chi connectivity index (χ0v) is 13.0. The third-order valence-corrected chi connectivity index (χ3v) is 5.70. The fraction of sp³-hybridized carbons (Fsp3) is 0. The van der Waals surface area contributed by atoms with Crippen LogP contribution in [-0.2, 0) is 10.0 Å². The Morgan fingerprint density at radius 1 is 1.15 bits per heavy atom. The quantitative estimate of drug-likeness (QED) is 0.672. The lowest BCUT2D eigenvalue weighted by atomic mass is 10.4. The van der Waals surface area contributed by atoms with Gasteiger partial charge in [0.1, 0.15) is 5.75 Å². The van der Waals surface area contributed by atoms with Gasteiger partial charge in [0.25, 0.3) is 10.0 Å². The fourth-order valence-corrected chi connectivity index (χ4v) is 4.69. The number of fused-ring (bicyclic) bond motifs is 1. The van der Waals surface area contributed by atoms with Crippen LogP contribution in [0.25, 0.3) is 11.0 Å². The molecule has 1 N–H and O–H groups in total. The Balaban J connectivity index is 2.35. The van der Waals surface area contributed by atoms with Crippen LogP contribution in [0.4, 0.5) is 0 Å². The zero-order valence-electron chi connectivity index (χ0n) is 10.1. The van der Waals surface area contributed by atoms with Crippen molar-refractivity contribution in [3.05, 3.63) is 52.4 Å². The monoisotopic (exact) mass is 400 g/mol. The van der Waals surface area contributed by atoms with Gasteiger partial charge in [-0.1, -0.05) is 18.2 Å². The van der Waals surface area contributed by atoms with Gasteiger partial charge >= 0.3 is 0 Å². The first kappa shape index (κ1) is 13.4. The summed E-state index contributed by atoms with van der Waals surface area (Å²) >= 11 is 1.94. The Labute approximate surface area is 129 Å². The topological polar surface area (TPSA) is 72.2 Å². The summed E-state index contributed by atoms with van der Waals surface area (Å²) in [6.45, 7) is 0. The van der Waals surface area contributed by atoms with E-state index in [0.717, 1.165) is 0 Å². The first-order chi connectivity index (χ1) is 9.50. The van der Waals surface area contributed by atoms with Gasteiger partial charge in [-0.05, 0) is 40.8 Å². The molecule has 7 heteroatoms. The van der Waals surface area contributed by atoms with Gasteiger partial charge in [-0.25, -0.2) is 12.4 Å². The van der Waals surface area contributed by atoms with Crippen molar-refractivity contribution in [3.63, 3.8) is 0 Å². The van der Waals surface area contributed by atoms with E-state index in [1.165, 1.54) is 28.4 Å². The van der Waals surface area contributed by atoms with Crippen molar-refractivity contribution >= 4 is 43.6 Å². The second-order valence-corrected chi connectivity index (χ2v) is 7.04. The molecule has 0 aliphatic rings.